The Hall–Kier alpha value is -2.39. The number of halogens is 1. The molecule has 104 valence electrons. The Labute approximate surface area is 127 Å². The molecule has 0 atom stereocenters. The van der Waals surface area contributed by atoms with E-state index in [0.717, 1.165) is 5.56 Å². The number of rotatable bonds is 1. The largest absolute Gasteiger partial charge is 0.274 e. The molecule has 0 N–H and O–H groups in total. The van der Waals surface area contributed by atoms with Crippen LogP contribution in [0.15, 0.2) is 48.5 Å². The lowest BCUT2D eigenvalue weighted by Gasteiger charge is -2.11. The second-order valence-electron chi connectivity index (χ2n) is 4.79. The molecule has 2 amide bonds. The summed E-state index contributed by atoms with van der Waals surface area (Å²) >= 11 is 6.02. The molecule has 2 aromatic carbocycles. The highest BCUT2D eigenvalue weighted by molar-refractivity contribution is 6.42. The van der Waals surface area contributed by atoms with E-state index in [1.807, 2.05) is 30.3 Å². The SMILES string of the molecule is CC(=O)N1C(=O)/C(=C/c2ccccc2)c2cc(Cl)ccc21. The fourth-order valence-electron chi connectivity index (χ4n) is 2.43. The van der Waals surface area contributed by atoms with Crippen molar-refractivity contribution in [1.82, 2.24) is 0 Å². The van der Waals surface area contributed by atoms with Gasteiger partial charge in [0.25, 0.3) is 5.91 Å². The van der Waals surface area contributed by atoms with Gasteiger partial charge in [-0.25, -0.2) is 4.90 Å². The van der Waals surface area contributed by atoms with E-state index in [-0.39, 0.29) is 11.8 Å². The monoisotopic (exact) mass is 297 g/mol. The van der Waals surface area contributed by atoms with Crippen molar-refractivity contribution in [3.63, 3.8) is 0 Å². The predicted molar refractivity (Wildman–Crippen MR) is 83.9 cm³/mol. The second-order valence-corrected chi connectivity index (χ2v) is 5.23. The van der Waals surface area contributed by atoms with Crippen LogP contribution in [0.2, 0.25) is 5.02 Å². The number of benzene rings is 2. The summed E-state index contributed by atoms with van der Waals surface area (Å²) < 4.78 is 0. The van der Waals surface area contributed by atoms with Crippen molar-refractivity contribution in [1.29, 1.82) is 0 Å². The van der Waals surface area contributed by atoms with Crippen LogP contribution in [0.1, 0.15) is 18.1 Å². The van der Waals surface area contributed by atoms with Crippen LogP contribution in [0.4, 0.5) is 5.69 Å². The summed E-state index contributed by atoms with van der Waals surface area (Å²) in [5, 5.41) is 0.533. The second kappa shape index (κ2) is 5.19. The Bertz CT molecular complexity index is 766. The molecule has 3 rings (SSSR count). The summed E-state index contributed by atoms with van der Waals surface area (Å²) in [7, 11) is 0. The summed E-state index contributed by atoms with van der Waals surface area (Å²) in [6.07, 6.45) is 1.78. The molecule has 0 aliphatic carbocycles. The first kappa shape index (κ1) is 13.6. The summed E-state index contributed by atoms with van der Waals surface area (Å²) in [5.74, 6) is -0.622. The zero-order chi connectivity index (χ0) is 15.0. The summed E-state index contributed by atoms with van der Waals surface area (Å²) in [6, 6.07) is 14.6. The molecule has 1 aliphatic rings. The van der Waals surface area contributed by atoms with E-state index in [4.69, 9.17) is 11.6 Å². The van der Waals surface area contributed by atoms with E-state index in [2.05, 4.69) is 0 Å². The molecule has 0 unspecified atom stereocenters. The Balaban J connectivity index is 2.19. The van der Waals surface area contributed by atoms with Crippen LogP contribution in [0.5, 0.6) is 0 Å². The topological polar surface area (TPSA) is 37.4 Å². The quantitative estimate of drug-likeness (QED) is 0.751. The highest BCUT2D eigenvalue weighted by atomic mass is 35.5. The van der Waals surface area contributed by atoms with Crippen LogP contribution in [-0.2, 0) is 9.59 Å². The molecule has 0 spiro atoms. The van der Waals surface area contributed by atoms with Gasteiger partial charge in [0.15, 0.2) is 0 Å². The van der Waals surface area contributed by atoms with Crippen LogP contribution in [0.25, 0.3) is 11.6 Å². The molecule has 2 aromatic rings. The minimum atomic E-state index is -0.316. The van der Waals surface area contributed by atoms with Gasteiger partial charge >= 0.3 is 0 Å². The van der Waals surface area contributed by atoms with E-state index in [1.54, 1.807) is 24.3 Å². The predicted octanol–water partition coefficient (Wildman–Crippen LogP) is 3.77. The number of nitrogens with zero attached hydrogens (tertiary/aromatic N) is 1. The smallest absolute Gasteiger partial charge is 0.265 e. The number of carbonyl (C=O) groups excluding carboxylic acids is 2. The summed E-state index contributed by atoms with van der Waals surface area (Å²) in [6.45, 7) is 1.38. The van der Waals surface area contributed by atoms with Gasteiger partial charge in [0.2, 0.25) is 5.91 Å². The lowest BCUT2D eigenvalue weighted by Crippen LogP contribution is -2.31. The number of carbonyl (C=O) groups is 2. The molecule has 0 saturated carbocycles. The van der Waals surface area contributed by atoms with Crippen LogP contribution in [0, 0.1) is 0 Å². The molecule has 0 bridgehead atoms. The van der Waals surface area contributed by atoms with Crippen molar-refractivity contribution < 1.29 is 9.59 Å². The van der Waals surface area contributed by atoms with Crippen LogP contribution in [0.3, 0.4) is 0 Å². The number of hydrogen-bond donors (Lipinski definition) is 0. The van der Waals surface area contributed by atoms with Crippen molar-refractivity contribution in [2.24, 2.45) is 0 Å². The first-order chi connectivity index (χ1) is 10.1. The molecular weight excluding hydrogens is 286 g/mol. The van der Waals surface area contributed by atoms with E-state index >= 15 is 0 Å². The van der Waals surface area contributed by atoms with Gasteiger partial charge in [-0.15, -0.1) is 0 Å². The van der Waals surface area contributed by atoms with Gasteiger partial charge in [-0.1, -0.05) is 41.9 Å². The summed E-state index contributed by atoms with van der Waals surface area (Å²) in [5.41, 5.74) is 2.65. The van der Waals surface area contributed by atoms with E-state index in [9.17, 15) is 9.59 Å². The standard InChI is InChI=1S/C17H12ClNO2/c1-11(20)19-16-8-7-13(18)10-14(16)15(17(19)21)9-12-5-3-2-4-6-12/h2-10H,1H3/b15-9+. The molecule has 0 radical (unpaired) electrons. The molecule has 0 aromatic heterocycles. The van der Waals surface area contributed by atoms with Crippen molar-refractivity contribution in [3.8, 4) is 0 Å². The minimum Gasteiger partial charge on any atom is -0.274 e. The molecule has 21 heavy (non-hydrogen) atoms. The number of hydrogen-bond acceptors (Lipinski definition) is 2. The normalized spacial score (nSPS) is 15.4. The number of amides is 2. The van der Waals surface area contributed by atoms with Crippen molar-refractivity contribution in [2.45, 2.75) is 6.92 Å². The third-order valence-electron chi connectivity index (χ3n) is 3.35. The molecule has 1 heterocycles. The van der Waals surface area contributed by atoms with Gasteiger partial charge < -0.3 is 0 Å². The molecule has 1 aliphatic heterocycles. The Morgan fingerprint density at radius 3 is 2.52 bits per heavy atom. The number of imide groups is 1. The zero-order valence-electron chi connectivity index (χ0n) is 11.3. The first-order valence-corrected chi connectivity index (χ1v) is 6.87. The first-order valence-electron chi connectivity index (χ1n) is 6.49. The highest BCUT2D eigenvalue weighted by Crippen LogP contribution is 2.39. The fourth-order valence-corrected chi connectivity index (χ4v) is 2.60. The summed E-state index contributed by atoms with van der Waals surface area (Å²) in [4.78, 5) is 25.4. The number of fused-ring (bicyclic) bond motifs is 1. The van der Waals surface area contributed by atoms with Crippen molar-refractivity contribution >= 4 is 40.8 Å². The molecular formula is C17H12ClNO2. The Morgan fingerprint density at radius 1 is 1.14 bits per heavy atom. The van der Waals surface area contributed by atoms with Crippen molar-refractivity contribution in [3.05, 3.63) is 64.7 Å². The molecule has 0 saturated heterocycles. The van der Waals surface area contributed by atoms with E-state index < -0.39 is 0 Å². The Kier molecular flexibility index (Phi) is 3.35. The fraction of sp³-hybridized carbons (Fsp3) is 0.0588. The minimum absolute atomic E-state index is 0.306. The third-order valence-corrected chi connectivity index (χ3v) is 3.58. The molecule has 0 fully saturated rings. The van der Waals surface area contributed by atoms with E-state index in [0.29, 0.717) is 21.8 Å². The van der Waals surface area contributed by atoms with Gasteiger partial charge in [-0.05, 0) is 29.8 Å². The van der Waals surface area contributed by atoms with Crippen molar-refractivity contribution in [2.75, 3.05) is 4.90 Å². The zero-order valence-corrected chi connectivity index (χ0v) is 12.1. The van der Waals surface area contributed by atoms with Gasteiger partial charge in [0, 0.05) is 17.5 Å². The maximum absolute atomic E-state index is 12.5. The maximum Gasteiger partial charge on any atom is 0.265 e. The molecule has 3 nitrogen and oxygen atoms in total. The van der Waals surface area contributed by atoms with Gasteiger partial charge in [-0.2, -0.15) is 0 Å². The van der Waals surface area contributed by atoms with E-state index in [1.165, 1.54) is 11.8 Å². The van der Waals surface area contributed by atoms with Gasteiger partial charge in [0.05, 0.1) is 11.3 Å². The number of anilines is 1. The van der Waals surface area contributed by atoms with Crippen LogP contribution < -0.4 is 4.90 Å². The van der Waals surface area contributed by atoms with Gasteiger partial charge in [-0.3, -0.25) is 9.59 Å². The van der Waals surface area contributed by atoms with Gasteiger partial charge in [0.1, 0.15) is 0 Å². The lowest BCUT2D eigenvalue weighted by molar-refractivity contribution is -0.122. The average Bonchev–Trinajstić information content (AvgIpc) is 2.73. The van der Waals surface area contributed by atoms with Crippen LogP contribution >= 0.6 is 11.6 Å². The Morgan fingerprint density at radius 2 is 1.86 bits per heavy atom. The third kappa shape index (κ3) is 2.36. The van der Waals surface area contributed by atoms with Crippen LogP contribution in [-0.4, -0.2) is 11.8 Å². The lowest BCUT2D eigenvalue weighted by atomic mass is 10.0. The molecule has 4 heteroatoms. The maximum atomic E-state index is 12.5. The highest BCUT2D eigenvalue weighted by Gasteiger charge is 2.34. The average molecular weight is 298 g/mol.